The lowest BCUT2D eigenvalue weighted by Gasteiger charge is -2.11. The van der Waals surface area contributed by atoms with Crippen LogP contribution in [-0.4, -0.2) is 66.1 Å². The first-order valence-corrected chi connectivity index (χ1v) is 9.93. The number of rotatable bonds is 16. The van der Waals surface area contributed by atoms with E-state index in [-0.39, 0.29) is 0 Å². The standard InChI is InChI=1S/C19H31N7O3/c1-2-3-10-29-19-25-17(22-9-12-28-14-13-27-11-6-20)24-18(26-19)23-15-16-4-7-21-8-5-16/h4-5,7-8H,2-3,6,9-15,20H2,1H3,(H2,22,23,24,25,26). The zero-order valence-corrected chi connectivity index (χ0v) is 17.0. The van der Waals surface area contributed by atoms with Gasteiger partial charge >= 0.3 is 6.01 Å². The van der Waals surface area contributed by atoms with Crippen molar-refractivity contribution < 1.29 is 14.2 Å². The van der Waals surface area contributed by atoms with Crippen LogP contribution in [0.15, 0.2) is 24.5 Å². The van der Waals surface area contributed by atoms with Gasteiger partial charge in [0.15, 0.2) is 0 Å². The van der Waals surface area contributed by atoms with Crippen LogP contribution < -0.4 is 21.1 Å². The molecule has 0 spiro atoms. The summed E-state index contributed by atoms with van der Waals surface area (Å²) >= 11 is 0. The second-order valence-corrected chi connectivity index (χ2v) is 6.12. The SMILES string of the molecule is CCCCOc1nc(NCCOCCOCCN)nc(NCc2ccncc2)n1. The molecular weight excluding hydrogens is 374 g/mol. The van der Waals surface area contributed by atoms with E-state index < -0.39 is 0 Å². The number of ether oxygens (including phenoxy) is 3. The normalized spacial score (nSPS) is 10.7. The molecule has 10 nitrogen and oxygen atoms in total. The Hall–Kier alpha value is -2.56. The summed E-state index contributed by atoms with van der Waals surface area (Å²) in [5.41, 5.74) is 6.44. The van der Waals surface area contributed by atoms with Crippen LogP contribution in [0.5, 0.6) is 6.01 Å². The van der Waals surface area contributed by atoms with E-state index in [1.165, 1.54) is 0 Å². The molecule has 160 valence electrons. The highest BCUT2D eigenvalue weighted by Crippen LogP contribution is 2.12. The van der Waals surface area contributed by atoms with Crippen molar-refractivity contribution in [3.63, 3.8) is 0 Å². The first-order chi connectivity index (χ1) is 14.3. The summed E-state index contributed by atoms with van der Waals surface area (Å²) in [6.07, 6.45) is 5.47. The minimum atomic E-state index is 0.296. The summed E-state index contributed by atoms with van der Waals surface area (Å²) in [7, 11) is 0. The molecule has 0 atom stereocenters. The quantitative estimate of drug-likeness (QED) is 0.353. The van der Waals surface area contributed by atoms with E-state index in [4.69, 9.17) is 19.9 Å². The molecule has 0 aliphatic rings. The number of anilines is 2. The average Bonchev–Trinajstić information content (AvgIpc) is 2.75. The van der Waals surface area contributed by atoms with Crippen molar-refractivity contribution in [3.05, 3.63) is 30.1 Å². The lowest BCUT2D eigenvalue weighted by molar-refractivity contribution is 0.0547. The zero-order valence-electron chi connectivity index (χ0n) is 17.0. The maximum absolute atomic E-state index is 5.65. The Morgan fingerprint density at radius 3 is 2.34 bits per heavy atom. The summed E-state index contributed by atoms with van der Waals surface area (Å²) in [6.45, 7) is 6.41. The predicted molar refractivity (Wildman–Crippen MR) is 111 cm³/mol. The van der Waals surface area contributed by atoms with E-state index in [0.717, 1.165) is 18.4 Å². The number of aromatic nitrogens is 4. The molecule has 0 aliphatic heterocycles. The molecule has 4 N–H and O–H groups in total. The minimum absolute atomic E-state index is 0.296. The highest BCUT2D eigenvalue weighted by molar-refractivity contribution is 5.36. The van der Waals surface area contributed by atoms with Gasteiger partial charge in [-0.2, -0.15) is 15.0 Å². The number of hydrogen-bond acceptors (Lipinski definition) is 10. The van der Waals surface area contributed by atoms with Crippen LogP contribution >= 0.6 is 0 Å². The summed E-state index contributed by atoms with van der Waals surface area (Å²) in [5.74, 6) is 0.883. The lowest BCUT2D eigenvalue weighted by atomic mass is 10.3. The zero-order chi connectivity index (χ0) is 20.6. The van der Waals surface area contributed by atoms with Gasteiger partial charge in [0, 0.05) is 32.0 Å². The van der Waals surface area contributed by atoms with E-state index in [0.29, 0.717) is 70.6 Å². The fourth-order valence-corrected chi connectivity index (χ4v) is 2.21. The Kier molecular flexibility index (Phi) is 11.3. The van der Waals surface area contributed by atoms with E-state index in [9.17, 15) is 0 Å². The molecule has 0 radical (unpaired) electrons. The number of nitrogens with zero attached hydrogens (tertiary/aromatic N) is 4. The number of pyridine rings is 1. The van der Waals surface area contributed by atoms with E-state index in [2.05, 4.69) is 37.5 Å². The Labute approximate surface area is 171 Å². The second-order valence-electron chi connectivity index (χ2n) is 6.12. The molecule has 2 rings (SSSR count). The Morgan fingerprint density at radius 1 is 0.897 bits per heavy atom. The van der Waals surface area contributed by atoms with Gasteiger partial charge < -0.3 is 30.6 Å². The smallest absolute Gasteiger partial charge is 0.323 e. The average molecular weight is 406 g/mol. The monoisotopic (exact) mass is 405 g/mol. The van der Waals surface area contributed by atoms with Gasteiger partial charge in [-0.25, -0.2) is 0 Å². The maximum atomic E-state index is 5.65. The predicted octanol–water partition coefficient (Wildman–Crippen LogP) is 1.46. The molecule has 0 saturated carbocycles. The number of nitrogens with one attached hydrogen (secondary N) is 2. The molecule has 0 bridgehead atoms. The van der Waals surface area contributed by atoms with Crippen molar-refractivity contribution in [2.45, 2.75) is 26.3 Å². The van der Waals surface area contributed by atoms with Crippen molar-refractivity contribution in [1.29, 1.82) is 0 Å². The van der Waals surface area contributed by atoms with Crippen molar-refractivity contribution in [2.24, 2.45) is 5.73 Å². The molecule has 0 saturated heterocycles. The van der Waals surface area contributed by atoms with Crippen LogP contribution in [0.1, 0.15) is 25.3 Å². The Morgan fingerprint density at radius 2 is 1.62 bits per heavy atom. The van der Waals surface area contributed by atoms with Crippen LogP contribution in [0.2, 0.25) is 0 Å². The molecule has 29 heavy (non-hydrogen) atoms. The topological polar surface area (TPSA) is 129 Å². The van der Waals surface area contributed by atoms with Crippen molar-refractivity contribution >= 4 is 11.9 Å². The third-order valence-corrected chi connectivity index (χ3v) is 3.71. The molecule has 0 fully saturated rings. The molecule has 2 heterocycles. The molecule has 2 aromatic heterocycles. The molecule has 0 aromatic carbocycles. The Bertz CT molecular complexity index is 676. The van der Waals surface area contributed by atoms with Gasteiger partial charge in [-0.1, -0.05) is 13.3 Å². The molecule has 0 unspecified atom stereocenters. The van der Waals surface area contributed by atoms with Crippen LogP contribution in [0, 0.1) is 0 Å². The number of hydrogen-bond donors (Lipinski definition) is 3. The summed E-state index contributed by atoms with van der Waals surface area (Å²) < 4.78 is 16.4. The third-order valence-electron chi connectivity index (χ3n) is 3.71. The van der Waals surface area contributed by atoms with Gasteiger partial charge in [0.05, 0.1) is 33.0 Å². The molecule has 0 aliphatic carbocycles. The highest BCUT2D eigenvalue weighted by atomic mass is 16.5. The fourth-order valence-electron chi connectivity index (χ4n) is 2.21. The van der Waals surface area contributed by atoms with Crippen LogP contribution in [-0.2, 0) is 16.0 Å². The number of nitrogens with two attached hydrogens (primary N) is 1. The maximum Gasteiger partial charge on any atom is 0.323 e. The van der Waals surface area contributed by atoms with Gasteiger partial charge in [-0.3, -0.25) is 4.98 Å². The van der Waals surface area contributed by atoms with Crippen LogP contribution in [0.25, 0.3) is 0 Å². The number of unbranched alkanes of at least 4 members (excludes halogenated alkanes) is 1. The lowest BCUT2D eigenvalue weighted by Crippen LogP contribution is -2.17. The van der Waals surface area contributed by atoms with Gasteiger partial charge in [-0.05, 0) is 24.1 Å². The second kappa shape index (κ2) is 14.4. The van der Waals surface area contributed by atoms with Crippen molar-refractivity contribution in [3.8, 4) is 6.01 Å². The van der Waals surface area contributed by atoms with Gasteiger partial charge in [0.1, 0.15) is 0 Å². The summed E-state index contributed by atoms with van der Waals surface area (Å²) in [4.78, 5) is 17.1. The largest absolute Gasteiger partial charge is 0.463 e. The molecule has 2 aromatic rings. The highest BCUT2D eigenvalue weighted by Gasteiger charge is 2.08. The van der Waals surface area contributed by atoms with Crippen LogP contribution in [0.4, 0.5) is 11.9 Å². The van der Waals surface area contributed by atoms with Crippen molar-refractivity contribution in [2.75, 3.05) is 56.8 Å². The molecule has 10 heteroatoms. The van der Waals surface area contributed by atoms with Gasteiger partial charge in [0.25, 0.3) is 0 Å². The van der Waals surface area contributed by atoms with E-state index in [1.54, 1.807) is 12.4 Å². The van der Waals surface area contributed by atoms with E-state index >= 15 is 0 Å². The Balaban J connectivity index is 1.84. The van der Waals surface area contributed by atoms with Crippen molar-refractivity contribution in [1.82, 2.24) is 19.9 Å². The third kappa shape index (κ3) is 9.97. The van der Waals surface area contributed by atoms with E-state index in [1.807, 2.05) is 12.1 Å². The first kappa shape index (κ1) is 22.7. The fraction of sp³-hybridized carbons (Fsp3) is 0.579. The molecule has 0 amide bonds. The molecular formula is C19H31N7O3. The van der Waals surface area contributed by atoms with Gasteiger partial charge in [-0.15, -0.1) is 0 Å². The van der Waals surface area contributed by atoms with Gasteiger partial charge in [0.2, 0.25) is 11.9 Å². The minimum Gasteiger partial charge on any atom is -0.463 e. The summed E-state index contributed by atoms with van der Waals surface area (Å²) in [6, 6.07) is 4.16. The van der Waals surface area contributed by atoms with Crippen LogP contribution in [0.3, 0.4) is 0 Å². The summed E-state index contributed by atoms with van der Waals surface area (Å²) in [5, 5.41) is 6.33. The first-order valence-electron chi connectivity index (χ1n) is 9.93.